The second kappa shape index (κ2) is 9.83. The fourth-order valence-electron chi connectivity index (χ4n) is 4.10. The highest BCUT2D eigenvalue weighted by molar-refractivity contribution is 5.93. The summed E-state index contributed by atoms with van der Waals surface area (Å²) in [5, 5.41) is 3.29. The molecular formula is C27H22FN5O3. The lowest BCUT2D eigenvalue weighted by Crippen LogP contribution is -2.31. The first-order valence-electron chi connectivity index (χ1n) is 11.4. The fraction of sp³-hybridized carbons (Fsp3) is 0.111. The van der Waals surface area contributed by atoms with Gasteiger partial charge >= 0.3 is 5.69 Å². The second-order valence-corrected chi connectivity index (χ2v) is 8.29. The third-order valence-corrected chi connectivity index (χ3v) is 5.88. The minimum absolute atomic E-state index is 0.0185. The van der Waals surface area contributed by atoms with E-state index in [1.165, 1.54) is 16.7 Å². The van der Waals surface area contributed by atoms with Crippen LogP contribution >= 0.6 is 0 Å². The van der Waals surface area contributed by atoms with E-state index in [9.17, 15) is 18.8 Å². The number of halogens is 1. The zero-order valence-electron chi connectivity index (χ0n) is 19.1. The highest BCUT2D eigenvalue weighted by atomic mass is 19.1. The van der Waals surface area contributed by atoms with Gasteiger partial charge in [0.15, 0.2) is 0 Å². The molecule has 0 saturated carbocycles. The Kier molecular flexibility index (Phi) is 6.27. The van der Waals surface area contributed by atoms with Crippen LogP contribution in [0.5, 0.6) is 0 Å². The molecule has 0 aliphatic carbocycles. The number of hydrogen-bond acceptors (Lipinski definition) is 4. The zero-order valence-corrected chi connectivity index (χ0v) is 19.1. The second-order valence-electron chi connectivity index (χ2n) is 8.29. The summed E-state index contributed by atoms with van der Waals surface area (Å²) >= 11 is 0. The van der Waals surface area contributed by atoms with E-state index in [1.807, 2.05) is 34.9 Å². The highest BCUT2D eigenvalue weighted by Gasteiger charge is 2.17. The molecule has 0 spiro atoms. The lowest BCUT2D eigenvalue weighted by Gasteiger charge is -2.13. The number of amides is 1. The summed E-state index contributed by atoms with van der Waals surface area (Å²) < 4.78 is 16.7. The summed E-state index contributed by atoms with van der Waals surface area (Å²) in [7, 11) is 0. The number of benzene rings is 3. The maximum Gasteiger partial charge on any atom is 0.328 e. The molecule has 3 aromatic carbocycles. The molecule has 1 amide bonds. The topological polar surface area (TPSA) is 102 Å². The van der Waals surface area contributed by atoms with E-state index >= 15 is 0 Å². The van der Waals surface area contributed by atoms with Gasteiger partial charge in [-0.15, -0.1) is 0 Å². The number of rotatable bonds is 7. The fourth-order valence-corrected chi connectivity index (χ4v) is 4.10. The van der Waals surface area contributed by atoms with E-state index in [2.05, 4.69) is 15.3 Å². The summed E-state index contributed by atoms with van der Waals surface area (Å²) in [4.78, 5) is 44.4. The summed E-state index contributed by atoms with van der Waals surface area (Å²) in [6.07, 6.45) is 1.61. The van der Waals surface area contributed by atoms with Gasteiger partial charge in [0.05, 0.1) is 23.8 Å². The summed E-state index contributed by atoms with van der Waals surface area (Å²) in [6.45, 7) is 0.537. The molecule has 5 rings (SSSR count). The summed E-state index contributed by atoms with van der Waals surface area (Å²) in [5.41, 5.74) is 1.59. The molecule has 0 atom stereocenters. The van der Waals surface area contributed by atoms with Crippen LogP contribution in [0.2, 0.25) is 0 Å². The quantitative estimate of drug-likeness (QED) is 0.368. The molecule has 0 saturated heterocycles. The Balaban J connectivity index is 1.43. The number of carbonyl (C=O) groups excluding carboxylic acids is 1. The average Bonchev–Trinajstić information content (AvgIpc) is 3.26. The van der Waals surface area contributed by atoms with Crippen molar-refractivity contribution < 1.29 is 9.18 Å². The summed E-state index contributed by atoms with van der Waals surface area (Å²) in [6, 6.07) is 22.3. The van der Waals surface area contributed by atoms with Crippen molar-refractivity contribution in [3.63, 3.8) is 0 Å². The third kappa shape index (κ3) is 4.72. The van der Waals surface area contributed by atoms with Crippen LogP contribution in [0.15, 0.2) is 94.8 Å². The third-order valence-electron chi connectivity index (χ3n) is 5.88. The SMILES string of the molecule is O=C(CCn1c(=O)[nH]c(=O)c2ccccc21)Nc1c(-c2ccc(F)cc2)ncn1Cc1ccccc1. The van der Waals surface area contributed by atoms with Crippen molar-refractivity contribution in [2.45, 2.75) is 19.5 Å². The lowest BCUT2D eigenvalue weighted by molar-refractivity contribution is -0.116. The van der Waals surface area contributed by atoms with E-state index in [0.717, 1.165) is 5.56 Å². The van der Waals surface area contributed by atoms with E-state index in [4.69, 9.17) is 0 Å². The van der Waals surface area contributed by atoms with Crippen molar-refractivity contribution in [2.75, 3.05) is 5.32 Å². The van der Waals surface area contributed by atoms with E-state index < -0.39 is 11.2 Å². The molecule has 0 fully saturated rings. The first-order valence-corrected chi connectivity index (χ1v) is 11.4. The summed E-state index contributed by atoms with van der Waals surface area (Å²) in [5.74, 6) is -0.240. The van der Waals surface area contributed by atoms with Crippen LogP contribution in [0.3, 0.4) is 0 Å². The van der Waals surface area contributed by atoms with Crippen molar-refractivity contribution in [1.29, 1.82) is 0 Å². The average molecular weight is 484 g/mol. The molecule has 2 N–H and O–H groups in total. The molecule has 0 aliphatic rings. The number of carbonyl (C=O) groups is 1. The van der Waals surface area contributed by atoms with E-state index in [1.54, 1.807) is 42.7 Å². The number of H-pyrrole nitrogens is 1. The van der Waals surface area contributed by atoms with Gasteiger partial charge in [0.1, 0.15) is 17.3 Å². The Morgan fingerprint density at radius 1 is 0.944 bits per heavy atom. The largest absolute Gasteiger partial charge is 0.328 e. The molecule has 180 valence electrons. The number of aromatic amines is 1. The number of nitrogens with one attached hydrogen (secondary N) is 2. The van der Waals surface area contributed by atoms with Crippen molar-refractivity contribution in [3.05, 3.63) is 117 Å². The Labute approximate surface area is 204 Å². The van der Waals surface area contributed by atoms with E-state index in [0.29, 0.717) is 34.5 Å². The van der Waals surface area contributed by atoms with Gasteiger partial charge in [-0.05, 0) is 42.0 Å². The van der Waals surface area contributed by atoms with Crippen LogP contribution in [0, 0.1) is 5.82 Å². The van der Waals surface area contributed by atoms with Crippen LogP contribution in [0.25, 0.3) is 22.2 Å². The minimum Gasteiger partial charge on any atom is -0.312 e. The van der Waals surface area contributed by atoms with Crippen molar-refractivity contribution in [3.8, 4) is 11.3 Å². The van der Waals surface area contributed by atoms with Crippen molar-refractivity contribution in [2.24, 2.45) is 0 Å². The first-order chi connectivity index (χ1) is 17.5. The van der Waals surface area contributed by atoms with Crippen LogP contribution < -0.4 is 16.6 Å². The van der Waals surface area contributed by atoms with Gasteiger partial charge in [0, 0.05) is 18.5 Å². The molecule has 9 heteroatoms. The van der Waals surface area contributed by atoms with Crippen LogP contribution in [0.4, 0.5) is 10.2 Å². The van der Waals surface area contributed by atoms with Crippen molar-refractivity contribution in [1.82, 2.24) is 19.1 Å². The number of para-hydroxylation sites is 1. The molecule has 0 aliphatic heterocycles. The predicted molar refractivity (Wildman–Crippen MR) is 135 cm³/mol. The molecule has 0 bridgehead atoms. The van der Waals surface area contributed by atoms with Crippen LogP contribution in [-0.4, -0.2) is 25.0 Å². The lowest BCUT2D eigenvalue weighted by atomic mass is 10.1. The Morgan fingerprint density at radius 3 is 2.44 bits per heavy atom. The first kappa shape index (κ1) is 23.0. The number of aryl methyl sites for hydroxylation is 1. The molecule has 0 unspecified atom stereocenters. The Bertz CT molecular complexity index is 1650. The molecule has 2 aromatic heterocycles. The number of imidazole rings is 1. The Hall–Kier alpha value is -4.79. The minimum atomic E-state index is -0.576. The highest BCUT2D eigenvalue weighted by Crippen LogP contribution is 2.28. The number of aromatic nitrogens is 4. The van der Waals surface area contributed by atoms with Crippen LogP contribution in [-0.2, 0) is 17.9 Å². The molecule has 8 nitrogen and oxygen atoms in total. The number of hydrogen-bond donors (Lipinski definition) is 2. The standard InChI is InChI=1S/C27H22FN5O3/c28-20-12-10-19(11-13-20)24-25(32(17-29-24)16-18-6-2-1-3-7-18)30-23(34)14-15-33-22-9-5-4-8-21(22)26(35)31-27(33)36/h1-13,17H,14-16H2,(H,30,34)(H,31,35,36). The molecule has 0 radical (unpaired) electrons. The predicted octanol–water partition coefficient (Wildman–Crippen LogP) is 3.77. The molecular weight excluding hydrogens is 461 g/mol. The maximum absolute atomic E-state index is 13.5. The van der Waals surface area contributed by atoms with Gasteiger partial charge in [-0.2, -0.15) is 0 Å². The normalized spacial score (nSPS) is 11.0. The zero-order chi connectivity index (χ0) is 25.1. The maximum atomic E-state index is 13.5. The Morgan fingerprint density at radius 2 is 1.67 bits per heavy atom. The monoisotopic (exact) mass is 483 g/mol. The van der Waals surface area contributed by atoms with Gasteiger partial charge in [0.2, 0.25) is 5.91 Å². The van der Waals surface area contributed by atoms with Gasteiger partial charge in [0.25, 0.3) is 5.56 Å². The van der Waals surface area contributed by atoms with Crippen molar-refractivity contribution >= 4 is 22.6 Å². The van der Waals surface area contributed by atoms with Gasteiger partial charge < -0.3 is 9.88 Å². The molecule has 5 aromatic rings. The number of fused-ring (bicyclic) bond motifs is 1. The molecule has 36 heavy (non-hydrogen) atoms. The molecule has 2 heterocycles. The number of nitrogens with zero attached hydrogens (tertiary/aromatic N) is 3. The number of anilines is 1. The smallest absolute Gasteiger partial charge is 0.312 e. The van der Waals surface area contributed by atoms with Crippen LogP contribution in [0.1, 0.15) is 12.0 Å². The van der Waals surface area contributed by atoms with Gasteiger partial charge in [-0.25, -0.2) is 14.2 Å². The van der Waals surface area contributed by atoms with Gasteiger partial charge in [-0.3, -0.25) is 19.1 Å². The van der Waals surface area contributed by atoms with Gasteiger partial charge in [-0.1, -0.05) is 42.5 Å². The van der Waals surface area contributed by atoms with E-state index in [-0.39, 0.29) is 24.7 Å².